The van der Waals surface area contributed by atoms with Gasteiger partial charge < -0.3 is 0 Å². The number of urea groups is 1. The van der Waals surface area contributed by atoms with E-state index in [0.717, 1.165) is 16.0 Å². The van der Waals surface area contributed by atoms with Crippen molar-refractivity contribution in [2.75, 3.05) is 9.91 Å². The zero-order valence-corrected chi connectivity index (χ0v) is 17.2. The summed E-state index contributed by atoms with van der Waals surface area (Å²) in [5.74, 6) is -2.89. The predicted molar refractivity (Wildman–Crippen MR) is 116 cm³/mol. The number of carbonyl (C=O) groups is 4. The Morgan fingerprint density at radius 3 is 2.19 bits per heavy atom. The second-order valence-electron chi connectivity index (χ2n) is 7.53. The lowest BCUT2D eigenvalue weighted by atomic mass is 9.98. The molecule has 31 heavy (non-hydrogen) atoms. The fourth-order valence-electron chi connectivity index (χ4n) is 3.68. The van der Waals surface area contributed by atoms with E-state index in [0.29, 0.717) is 17.1 Å². The summed E-state index contributed by atoms with van der Waals surface area (Å²) in [7, 11) is 0. The molecule has 156 valence electrons. The molecule has 5 amide bonds. The van der Waals surface area contributed by atoms with Crippen molar-refractivity contribution in [1.82, 2.24) is 5.32 Å². The molecule has 1 fully saturated rings. The molecular formula is C23H20N4O4. The Bertz CT molecular complexity index is 1160. The number of carbonyl (C=O) groups excluding carboxylic acids is 4. The van der Waals surface area contributed by atoms with E-state index in [1.807, 2.05) is 26.0 Å². The minimum atomic E-state index is -0.890. The monoisotopic (exact) mass is 416 g/mol. The van der Waals surface area contributed by atoms with Crippen LogP contribution >= 0.6 is 0 Å². The Hall–Kier alpha value is -4.07. The van der Waals surface area contributed by atoms with Gasteiger partial charge in [0.05, 0.1) is 23.0 Å². The van der Waals surface area contributed by atoms with Gasteiger partial charge in [-0.2, -0.15) is 10.1 Å². The van der Waals surface area contributed by atoms with Crippen LogP contribution in [0.2, 0.25) is 0 Å². The van der Waals surface area contributed by atoms with Gasteiger partial charge in [-0.25, -0.2) is 9.69 Å². The Kier molecular flexibility index (Phi) is 4.98. The number of hydrogen-bond acceptors (Lipinski definition) is 5. The van der Waals surface area contributed by atoms with Crippen molar-refractivity contribution in [3.8, 4) is 0 Å². The van der Waals surface area contributed by atoms with Gasteiger partial charge in [0.25, 0.3) is 17.7 Å². The molecular weight excluding hydrogens is 396 g/mol. The molecule has 8 heteroatoms. The van der Waals surface area contributed by atoms with Gasteiger partial charge in [0.1, 0.15) is 5.57 Å². The average molecular weight is 416 g/mol. The third kappa shape index (κ3) is 3.63. The molecule has 2 aromatic rings. The maximum Gasteiger partial charge on any atom is 0.335 e. The van der Waals surface area contributed by atoms with E-state index in [9.17, 15) is 19.2 Å². The molecule has 0 spiro atoms. The zero-order valence-electron chi connectivity index (χ0n) is 17.2. The number of amides is 5. The summed E-state index contributed by atoms with van der Waals surface area (Å²) in [4.78, 5) is 51.9. The topological polar surface area (TPSA) is 99.2 Å². The number of hydrogen-bond donors (Lipinski definition) is 1. The lowest BCUT2D eigenvalue weighted by molar-refractivity contribution is -0.122. The van der Waals surface area contributed by atoms with Crippen LogP contribution < -0.4 is 15.2 Å². The number of rotatable bonds is 3. The lowest BCUT2D eigenvalue weighted by Crippen LogP contribution is -2.54. The molecule has 2 aliphatic rings. The maximum absolute atomic E-state index is 13.1. The van der Waals surface area contributed by atoms with Gasteiger partial charge in [-0.15, -0.1) is 0 Å². The van der Waals surface area contributed by atoms with Crippen molar-refractivity contribution in [2.45, 2.75) is 20.8 Å². The van der Waals surface area contributed by atoms with Crippen molar-refractivity contribution in [3.63, 3.8) is 0 Å². The van der Waals surface area contributed by atoms with Gasteiger partial charge in [-0.1, -0.05) is 24.3 Å². The highest BCUT2D eigenvalue weighted by atomic mass is 16.2. The zero-order chi connectivity index (χ0) is 22.3. The number of para-hydroxylation sites is 1. The summed E-state index contributed by atoms with van der Waals surface area (Å²) in [6.07, 6.45) is 1.28. The highest BCUT2D eigenvalue weighted by Crippen LogP contribution is 2.28. The SMILES string of the molecule is CC1=NN(c2ccccc2)C(=O)C1C=C1C(=O)NC(=O)N(c2cc(C)cc(C)c2)C1=O. The standard InChI is InChI=1S/C23H20N4O4/c1-13-9-14(2)11-17(10-13)26-21(29)19(20(28)24-23(26)31)12-18-15(3)25-27(22(18)30)16-7-5-4-6-8-16/h4-12,18H,1-3H3,(H,24,28,31). The molecule has 1 saturated heterocycles. The highest BCUT2D eigenvalue weighted by Gasteiger charge is 2.40. The summed E-state index contributed by atoms with van der Waals surface area (Å²) >= 11 is 0. The number of barbiturate groups is 1. The van der Waals surface area contributed by atoms with E-state index in [-0.39, 0.29) is 11.5 Å². The van der Waals surface area contributed by atoms with Crippen molar-refractivity contribution >= 4 is 40.8 Å². The third-order valence-corrected chi connectivity index (χ3v) is 5.08. The molecule has 0 radical (unpaired) electrons. The number of benzene rings is 2. The van der Waals surface area contributed by atoms with Gasteiger partial charge in [0.15, 0.2) is 0 Å². The minimum Gasteiger partial charge on any atom is -0.273 e. The van der Waals surface area contributed by atoms with Crippen molar-refractivity contribution in [1.29, 1.82) is 0 Å². The van der Waals surface area contributed by atoms with Crippen LogP contribution in [-0.2, 0) is 14.4 Å². The summed E-state index contributed by atoms with van der Waals surface area (Å²) in [6.45, 7) is 5.35. The van der Waals surface area contributed by atoms with Gasteiger partial charge in [0.2, 0.25) is 0 Å². The number of anilines is 2. The van der Waals surface area contributed by atoms with Crippen LogP contribution in [0.25, 0.3) is 0 Å². The van der Waals surface area contributed by atoms with Gasteiger partial charge >= 0.3 is 6.03 Å². The summed E-state index contributed by atoms with van der Waals surface area (Å²) < 4.78 is 0. The van der Waals surface area contributed by atoms with Gasteiger partial charge in [-0.05, 0) is 62.2 Å². The first kappa shape index (κ1) is 20.2. The van der Waals surface area contributed by atoms with Gasteiger partial charge in [0, 0.05) is 0 Å². The van der Waals surface area contributed by atoms with Crippen LogP contribution in [0.5, 0.6) is 0 Å². The maximum atomic E-state index is 13.1. The molecule has 0 saturated carbocycles. The van der Waals surface area contributed by atoms with E-state index >= 15 is 0 Å². The first-order valence-corrected chi connectivity index (χ1v) is 9.70. The Balaban J connectivity index is 1.69. The second-order valence-corrected chi connectivity index (χ2v) is 7.53. The molecule has 4 rings (SSSR count). The van der Waals surface area contributed by atoms with Crippen LogP contribution in [0.15, 0.2) is 65.3 Å². The number of nitrogens with one attached hydrogen (secondary N) is 1. The van der Waals surface area contributed by atoms with E-state index in [4.69, 9.17) is 0 Å². The lowest BCUT2D eigenvalue weighted by Gasteiger charge is -2.27. The largest absolute Gasteiger partial charge is 0.335 e. The molecule has 0 aromatic heterocycles. The second kappa shape index (κ2) is 7.64. The van der Waals surface area contributed by atoms with Crippen LogP contribution in [0, 0.1) is 19.8 Å². The number of hydrazone groups is 1. The summed E-state index contributed by atoms with van der Waals surface area (Å²) in [6, 6.07) is 13.3. The molecule has 1 atom stereocenters. The van der Waals surface area contributed by atoms with E-state index in [1.54, 1.807) is 43.3 Å². The molecule has 8 nitrogen and oxygen atoms in total. The summed E-state index contributed by atoms with van der Waals surface area (Å²) in [5.41, 5.74) is 2.83. The van der Waals surface area contributed by atoms with Crippen molar-refractivity contribution in [3.05, 3.63) is 71.3 Å². The van der Waals surface area contributed by atoms with Crippen molar-refractivity contribution < 1.29 is 19.2 Å². The van der Waals surface area contributed by atoms with Crippen LogP contribution in [-0.4, -0.2) is 29.5 Å². The molecule has 1 unspecified atom stereocenters. The van der Waals surface area contributed by atoms with E-state index in [1.165, 1.54) is 11.1 Å². The molecule has 2 heterocycles. The molecule has 0 aliphatic carbocycles. The smallest absolute Gasteiger partial charge is 0.273 e. The van der Waals surface area contributed by atoms with Gasteiger partial charge in [-0.3, -0.25) is 19.7 Å². The Labute approximate surface area is 178 Å². The molecule has 2 aromatic carbocycles. The Morgan fingerprint density at radius 2 is 1.55 bits per heavy atom. The summed E-state index contributed by atoms with van der Waals surface area (Å²) in [5, 5.41) is 7.72. The van der Waals surface area contributed by atoms with Crippen LogP contribution in [0.3, 0.4) is 0 Å². The molecule has 0 bridgehead atoms. The van der Waals surface area contributed by atoms with Crippen LogP contribution in [0.4, 0.5) is 16.2 Å². The number of imide groups is 2. The average Bonchev–Trinajstić information content (AvgIpc) is 2.98. The predicted octanol–water partition coefficient (Wildman–Crippen LogP) is 2.85. The van der Waals surface area contributed by atoms with E-state index < -0.39 is 23.8 Å². The normalized spacial score (nSPS) is 20.4. The van der Waals surface area contributed by atoms with E-state index in [2.05, 4.69) is 10.4 Å². The fraction of sp³-hybridized carbons (Fsp3) is 0.174. The Morgan fingerprint density at radius 1 is 0.903 bits per heavy atom. The first-order chi connectivity index (χ1) is 14.8. The number of aryl methyl sites for hydroxylation is 2. The number of nitrogens with zero attached hydrogens (tertiary/aromatic N) is 3. The molecule has 1 N–H and O–H groups in total. The van der Waals surface area contributed by atoms with Crippen LogP contribution in [0.1, 0.15) is 18.1 Å². The quantitative estimate of drug-likeness (QED) is 0.614. The highest BCUT2D eigenvalue weighted by molar-refractivity contribution is 6.38. The molecule has 2 aliphatic heterocycles. The van der Waals surface area contributed by atoms with Crippen molar-refractivity contribution in [2.24, 2.45) is 11.0 Å². The first-order valence-electron chi connectivity index (χ1n) is 9.70. The fourth-order valence-corrected chi connectivity index (χ4v) is 3.68. The minimum absolute atomic E-state index is 0.276. The third-order valence-electron chi connectivity index (χ3n) is 5.08.